The maximum absolute atomic E-state index is 13.6. The fraction of sp³-hybridized carbons (Fsp3) is 0.333. The number of aliphatic imine (C=N–C) groups is 2. The molecule has 0 fully saturated rings. The highest BCUT2D eigenvalue weighted by Crippen LogP contribution is 2.45. The average molecular weight is 428 g/mol. The van der Waals surface area contributed by atoms with Crippen molar-refractivity contribution in [3.05, 3.63) is 41.5 Å². The maximum atomic E-state index is 13.6. The molecule has 1 atom stereocenters. The Morgan fingerprint density at radius 1 is 1.11 bits per heavy atom. The Labute approximate surface area is 154 Å². The molecule has 3 rings (SSSR count). The van der Waals surface area contributed by atoms with Gasteiger partial charge in [0, 0.05) is 24.1 Å². The lowest BCUT2D eigenvalue weighted by Crippen LogP contribution is -2.31. The van der Waals surface area contributed by atoms with Crippen LogP contribution in [-0.2, 0) is 21.6 Å². The van der Waals surface area contributed by atoms with Crippen molar-refractivity contribution in [1.29, 1.82) is 0 Å². The molecule has 146 valence electrons. The molecule has 1 aromatic rings. The third-order valence-corrected chi connectivity index (χ3v) is 6.52. The molecule has 1 aromatic carbocycles. The van der Waals surface area contributed by atoms with Gasteiger partial charge in [0.25, 0.3) is 9.84 Å². The third-order valence-electron chi connectivity index (χ3n) is 3.94. The number of hydrogen-bond acceptors (Lipinski definition) is 5. The van der Waals surface area contributed by atoms with Crippen LogP contribution in [0.2, 0.25) is 0 Å². The zero-order chi connectivity index (χ0) is 20.1. The fourth-order valence-corrected chi connectivity index (χ4v) is 4.54. The van der Waals surface area contributed by atoms with Gasteiger partial charge in [-0.15, -0.1) is 11.8 Å². The number of rotatable bonds is 3. The number of halogens is 6. The first-order valence-electron chi connectivity index (χ1n) is 7.33. The lowest BCUT2D eigenvalue weighted by molar-refractivity contribution is -0.138. The Morgan fingerprint density at radius 3 is 2.30 bits per heavy atom. The third kappa shape index (κ3) is 3.28. The minimum atomic E-state index is -5.93. The Kier molecular flexibility index (Phi) is 4.70. The molecule has 2 aliphatic heterocycles. The summed E-state index contributed by atoms with van der Waals surface area (Å²) in [5.41, 5.74) is -9.33. The van der Waals surface area contributed by atoms with Gasteiger partial charge < -0.3 is 0 Å². The number of hydrogen-bond donors (Lipinski definition) is 0. The summed E-state index contributed by atoms with van der Waals surface area (Å²) in [7, 11) is -5.93. The number of thioether (sulfide) groups is 1. The molecule has 0 amide bonds. The van der Waals surface area contributed by atoms with Crippen LogP contribution in [0.15, 0.2) is 45.2 Å². The first-order chi connectivity index (χ1) is 12.4. The number of nitrogens with zero attached hydrogens (tertiary/aromatic N) is 2. The summed E-state index contributed by atoms with van der Waals surface area (Å²) in [4.78, 5) is 6.75. The van der Waals surface area contributed by atoms with E-state index in [1.54, 1.807) is 0 Å². The van der Waals surface area contributed by atoms with Crippen molar-refractivity contribution in [2.75, 3.05) is 12.3 Å². The van der Waals surface area contributed by atoms with Crippen LogP contribution in [0.1, 0.15) is 11.1 Å². The van der Waals surface area contributed by atoms with E-state index in [4.69, 9.17) is 0 Å². The van der Waals surface area contributed by atoms with Crippen molar-refractivity contribution < 1.29 is 34.8 Å². The lowest BCUT2D eigenvalue weighted by atomic mass is 9.87. The summed E-state index contributed by atoms with van der Waals surface area (Å²) in [6, 6.07) is 1.23. The predicted octanol–water partition coefficient (Wildman–Crippen LogP) is 3.98. The highest BCUT2D eigenvalue weighted by Gasteiger charge is 2.50. The van der Waals surface area contributed by atoms with Crippen LogP contribution in [0.3, 0.4) is 0 Å². The van der Waals surface area contributed by atoms with Crippen LogP contribution >= 0.6 is 11.8 Å². The molecule has 0 saturated heterocycles. The molecule has 0 N–H and O–H groups in total. The molecule has 0 aliphatic carbocycles. The predicted molar refractivity (Wildman–Crippen MR) is 88.8 cm³/mol. The van der Waals surface area contributed by atoms with E-state index in [-0.39, 0.29) is 11.1 Å². The summed E-state index contributed by atoms with van der Waals surface area (Å²) < 4.78 is 102. The monoisotopic (exact) mass is 428 g/mol. The van der Waals surface area contributed by atoms with Gasteiger partial charge in [-0.1, -0.05) is 6.07 Å². The molecular weight excluding hydrogens is 418 g/mol. The second-order valence-corrected chi connectivity index (χ2v) is 8.62. The Bertz CT molecular complexity index is 949. The van der Waals surface area contributed by atoms with Crippen LogP contribution in [-0.4, -0.2) is 37.5 Å². The van der Waals surface area contributed by atoms with Gasteiger partial charge in [0.15, 0.2) is 5.54 Å². The van der Waals surface area contributed by atoms with E-state index in [1.165, 1.54) is 30.1 Å². The van der Waals surface area contributed by atoms with Crippen molar-refractivity contribution in [2.45, 2.75) is 22.1 Å². The molecule has 0 spiro atoms. The second-order valence-electron chi connectivity index (χ2n) is 5.59. The van der Waals surface area contributed by atoms with Gasteiger partial charge in [-0.25, -0.2) is 8.42 Å². The quantitative estimate of drug-likeness (QED) is 0.685. The number of alkyl halides is 6. The smallest absolute Gasteiger partial charge is 0.279 e. The number of allylic oxidation sites excluding steroid dienone is 1. The van der Waals surface area contributed by atoms with Gasteiger partial charge in [0.2, 0.25) is 0 Å². The molecule has 4 nitrogen and oxygen atoms in total. The molecule has 0 aromatic heterocycles. The van der Waals surface area contributed by atoms with E-state index in [0.717, 1.165) is 6.07 Å². The van der Waals surface area contributed by atoms with Crippen LogP contribution in [0.5, 0.6) is 0 Å². The molecule has 2 aliphatic rings. The number of benzene rings is 1. The van der Waals surface area contributed by atoms with Crippen molar-refractivity contribution >= 4 is 32.9 Å². The van der Waals surface area contributed by atoms with Crippen LogP contribution in [0.4, 0.5) is 26.3 Å². The Balaban J connectivity index is 2.26. The fourth-order valence-electron chi connectivity index (χ4n) is 2.74. The van der Waals surface area contributed by atoms with Crippen molar-refractivity contribution in [3.8, 4) is 0 Å². The normalized spacial score (nSPS) is 23.1. The zero-order valence-corrected chi connectivity index (χ0v) is 14.8. The van der Waals surface area contributed by atoms with E-state index < -0.39 is 43.1 Å². The summed E-state index contributed by atoms with van der Waals surface area (Å²) in [5, 5.41) is 0.268. The lowest BCUT2D eigenvalue weighted by Gasteiger charge is -2.28. The first-order valence-corrected chi connectivity index (χ1v) is 9.80. The summed E-state index contributed by atoms with van der Waals surface area (Å²) in [6.45, 7) is 0.368. The molecule has 2 heterocycles. The number of sulfone groups is 1. The topological polar surface area (TPSA) is 58.9 Å². The van der Waals surface area contributed by atoms with Crippen LogP contribution in [0, 0.1) is 0 Å². The average Bonchev–Trinajstić information content (AvgIpc) is 3.24. The summed E-state index contributed by atoms with van der Waals surface area (Å²) >= 11 is 1.19. The molecule has 12 heteroatoms. The highest BCUT2D eigenvalue weighted by atomic mass is 32.2. The van der Waals surface area contributed by atoms with Gasteiger partial charge in [0.05, 0.1) is 10.5 Å². The van der Waals surface area contributed by atoms with Gasteiger partial charge in [-0.05, 0) is 24.3 Å². The van der Waals surface area contributed by atoms with Crippen molar-refractivity contribution in [1.82, 2.24) is 0 Å². The van der Waals surface area contributed by atoms with E-state index in [0.29, 0.717) is 18.4 Å². The van der Waals surface area contributed by atoms with Crippen LogP contribution in [0.25, 0.3) is 0 Å². The molecule has 0 saturated carbocycles. The standard InChI is InChI=1S/C15H10F6N2O2S2/c16-14(17,18)11-8-9(27(24,25)15(19,20)21)2-3-10(11)13(4-1-5-23-13)12-22-6-7-26-12/h1-5,8H,6-7H2. The largest absolute Gasteiger partial charge is 0.501 e. The first kappa shape index (κ1) is 19.9. The van der Waals surface area contributed by atoms with Crippen molar-refractivity contribution in [3.63, 3.8) is 0 Å². The molecule has 0 bridgehead atoms. The van der Waals surface area contributed by atoms with E-state index >= 15 is 0 Å². The van der Waals surface area contributed by atoms with E-state index in [2.05, 4.69) is 9.98 Å². The van der Waals surface area contributed by atoms with Gasteiger partial charge in [-0.2, -0.15) is 26.3 Å². The Hall–Kier alpha value is -1.82. The second kappa shape index (κ2) is 6.36. The minimum absolute atomic E-state index is 0.00175. The Morgan fingerprint density at radius 2 is 1.81 bits per heavy atom. The maximum Gasteiger partial charge on any atom is 0.501 e. The SMILES string of the molecule is O=S(=O)(c1ccc(C2(C3=NCCS3)C=CC=N2)c(C(F)(F)F)c1)C(F)(F)F. The molecule has 27 heavy (non-hydrogen) atoms. The zero-order valence-electron chi connectivity index (χ0n) is 13.2. The molecule has 0 radical (unpaired) electrons. The molecule has 1 unspecified atom stereocenters. The van der Waals surface area contributed by atoms with Crippen molar-refractivity contribution in [2.24, 2.45) is 9.98 Å². The highest BCUT2D eigenvalue weighted by molar-refractivity contribution is 8.14. The van der Waals surface area contributed by atoms with E-state index in [9.17, 15) is 34.8 Å². The summed E-state index contributed by atoms with van der Waals surface area (Å²) in [5.74, 6) is 0.530. The molecular formula is C15H10F6N2O2S2. The summed E-state index contributed by atoms with van der Waals surface area (Å²) in [6.07, 6.45) is -1.08. The van der Waals surface area contributed by atoms with Crippen LogP contribution < -0.4 is 0 Å². The van der Waals surface area contributed by atoms with E-state index in [1.807, 2.05) is 0 Å². The van der Waals surface area contributed by atoms with Gasteiger partial charge in [-0.3, -0.25) is 9.98 Å². The minimum Gasteiger partial charge on any atom is -0.279 e. The van der Waals surface area contributed by atoms with Gasteiger partial charge >= 0.3 is 11.7 Å². The van der Waals surface area contributed by atoms with Gasteiger partial charge in [0.1, 0.15) is 5.04 Å².